The van der Waals surface area contributed by atoms with Gasteiger partial charge in [0.1, 0.15) is 0 Å². The highest BCUT2D eigenvalue weighted by Crippen LogP contribution is 2.28. The van der Waals surface area contributed by atoms with Gasteiger partial charge in [0.2, 0.25) is 0 Å². The van der Waals surface area contributed by atoms with Crippen LogP contribution in [0.15, 0.2) is 24.3 Å². The van der Waals surface area contributed by atoms with Crippen LogP contribution < -0.4 is 5.73 Å². The van der Waals surface area contributed by atoms with Crippen LogP contribution in [0.2, 0.25) is 0 Å². The van der Waals surface area contributed by atoms with Crippen molar-refractivity contribution < 1.29 is 8.42 Å². The molecule has 2 rings (SSSR count). The second-order valence-electron chi connectivity index (χ2n) is 4.41. The Balaban J connectivity index is 2.18. The monoisotopic (exact) mass is 239 g/mol. The van der Waals surface area contributed by atoms with Gasteiger partial charge in [-0.1, -0.05) is 31.0 Å². The Labute approximate surface area is 96.6 Å². The molecule has 0 saturated heterocycles. The number of hydrogen-bond donors (Lipinski definition) is 1. The van der Waals surface area contributed by atoms with E-state index in [2.05, 4.69) is 0 Å². The summed E-state index contributed by atoms with van der Waals surface area (Å²) in [5.74, 6) is 0.0876. The van der Waals surface area contributed by atoms with Crippen molar-refractivity contribution >= 4 is 15.5 Å². The SMILES string of the molecule is Nc1ccccc1CS(=O)(=O)C1CCCC1. The molecule has 2 N–H and O–H groups in total. The first-order valence-electron chi connectivity index (χ1n) is 5.64. The third kappa shape index (κ3) is 2.38. The van der Waals surface area contributed by atoms with Gasteiger partial charge in [-0.25, -0.2) is 8.42 Å². The number of para-hydroxylation sites is 1. The average molecular weight is 239 g/mol. The number of rotatable bonds is 3. The lowest BCUT2D eigenvalue weighted by molar-refractivity contribution is 0.579. The molecule has 0 atom stereocenters. The molecule has 1 fully saturated rings. The molecule has 0 spiro atoms. The second-order valence-corrected chi connectivity index (χ2v) is 6.69. The molecule has 1 aromatic rings. The van der Waals surface area contributed by atoms with Crippen LogP contribution in [0, 0.1) is 0 Å². The minimum atomic E-state index is -3.02. The summed E-state index contributed by atoms with van der Waals surface area (Å²) in [6.07, 6.45) is 3.70. The van der Waals surface area contributed by atoms with Crippen molar-refractivity contribution in [1.29, 1.82) is 0 Å². The smallest absolute Gasteiger partial charge is 0.157 e. The van der Waals surface area contributed by atoms with Crippen LogP contribution in [0.25, 0.3) is 0 Å². The predicted molar refractivity (Wildman–Crippen MR) is 65.7 cm³/mol. The number of hydrogen-bond acceptors (Lipinski definition) is 3. The van der Waals surface area contributed by atoms with Crippen molar-refractivity contribution in [3.8, 4) is 0 Å². The van der Waals surface area contributed by atoms with Crippen LogP contribution in [-0.2, 0) is 15.6 Å². The van der Waals surface area contributed by atoms with Gasteiger partial charge in [-0.05, 0) is 24.5 Å². The Hall–Kier alpha value is -1.03. The van der Waals surface area contributed by atoms with Gasteiger partial charge in [0.15, 0.2) is 9.84 Å². The van der Waals surface area contributed by atoms with E-state index >= 15 is 0 Å². The largest absolute Gasteiger partial charge is 0.398 e. The molecule has 0 amide bonds. The van der Waals surface area contributed by atoms with Gasteiger partial charge in [0.25, 0.3) is 0 Å². The third-order valence-electron chi connectivity index (χ3n) is 3.22. The zero-order valence-corrected chi connectivity index (χ0v) is 10.0. The minimum absolute atomic E-state index is 0.0876. The molecule has 0 radical (unpaired) electrons. The molecule has 88 valence electrons. The topological polar surface area (TPSA) is 60.2 Å². The Kier molecular flexibility index (Phi) is 3.19. The third-order valence-corrected chi connectivity index (χ3v) is 5.42. The summed E-state index contributed by atoms with van der Waals surface area (Å²) in [5, 5.41) is -0.146. The van der Waals surface area contributed by atoms with Crippen molar-refractivity contribution in [2.24, 2.45) is 0 Å². The molecule has 0 aromatic heterocycles. The number of nitrogen functional groups attached to an aromatic ring is 1. The van der Waals surface area contributed by atoms with E-state index in [4.69, 9.17) is 5.73 Å². The number of sulfone groups is 1. The Morgan fingerprint density at radius 1 is 1.19 bits per heavy atom. The van der Waals surface area contributed by atoms with E-state index in [-0.39, 0.29) is 11.0 Å². The lowest BCUT2D eigenvalue weighted by Crippen LogP contribution is -2.20. The van der Waals surface area contributed by atoms with Gasteiger partial charge in [-0.15, -0.1) is 0 Å². The van der Waals surface area contributed by atoms with Crippen LogP contribution in [0.5, 0.6) is 0 Å². The lowest BCUT2D eigenvalue weighted by Gasteiger charge is -2.12. The van der Waals surface area contributed by atoms with Gasteiger partial charge >= 0.3 is 0 Å². The van der Waals surface area contributed by atoms with Crippen molar-refractivity contribution in [2.45, 2.75) is 36.7 Å². The highest BCUT2D eigenvalue weighted by atomic mass is 32.2. The summed E-state index contributed by atoms with van der Waals surface area (Å²) in [6, 6.07) is 7.19. The molecule has 1 aliphatic rings. The maximum Gasteiger partial charge on any atom is 0.157 e. The summed E-state index contributed by atoms with van der Waals surface area (Å²) in [4.78, 5) is 0. The number of nitrogens with two attached hydrogens (primary N) is 1. The molecule has 1 saturated carbocycles. The van der Waals surface area contributed by atoms with Gasteiger partial charge in [0.05, 0.1) is 11.0 Å². The lowest BCUT2D eigenvalue weighted by atomic mass is 10.2. The van der Waals surface area contributed by atoms with E-state index < -0.39 is 9.84 Å². The minimum Gasteiger partial charge on any atom is -0.398 e. The quantitative estimate of drug-likeness (QED) is 0.822. The standard InChI is InChI=1S/C12H17NO2S/c13-12-8-4-1-5-10(12)9-16(14,15)11-6-2-3-7-11/h1,4-5,8,11H,2-3,6-7,9,13H2. The highest BCUT2D eigenvalue weighted by molar-refractivity contribution is 7.91. The maximum absolute atomic E-state index is 12.1. The molecular weight excluding hydrogens is 222 g/mol. The maximum atomic E-state index is 12.1. The van der Waals surface area contributed by atoms with E-state index in [9.17, 15) is 8.42 Å². The van der Waals surface area contributed by atoms with Crippen LogP contribution >= 0.6 is 0 Å². The Morgan fingerprint density at radius 3 is 2.44 bits per heavy atom. The second kappa shape index (κ2) is 4.45. The van der Waals surface area contributed by atoms with E-state index in [0.717, 1.165) is 31.2 Å². The molecule has 0 unspecified atom stereocenters. The first-order valence-corrected chi connectivity index (χ1v) is 7.36. The van der Waals surface area contributed by atoms with Crippen molar-refractivity contribution in [1.82, 2.24) is 0 Å². The summed E-state index contributed by atoms with van der Waals surface area (Å²) >= 11 is 0. The first-order chi connectivity index (χ1) is 7.59. The normalized spacial score (nSPS) is 17.8. The van der Waals surface area contributed by atoms with Crippen LogP contribution in [0.3, 0.4) is 0 Å². The molecule has 1 aliphatic carbocycles. The molecule has 16 heavy (non-hydrogen) atoms. The predicted octanol–water partition coefficient (Wildman–Crippen LogP) is 2.13. The number of benzene rings is 1. The fourth-order valence-corrected chi connectivity index (χ4v) is 4.23. The van der Waals surface area contributed by atoms with Gasteiger partial charge in [-0.3, -0.25) is 0 Å². The zero-order valence-electron chi connectivity index (χ0n) is 9.22. The summed E-state index contributed by atoms with van der Waals surface area (Å²) in [5.41, 5.74) is 7.07. The summed E-state index contributed by atoms with van der Waals surface area (Å²) in [7, 11) is -3.02. The van der Waals surface area contributed by atoms with E-state index in [1.165, 1.54) is 0 Å². The van der Waals surface area contributed by atoms with Gasteiger partial charge < -0.3 is 5.73 Å². The fourth-order valence-electron chi connectivity index (χ4n) is 2.25. The van der Waals surface area contributed by atoms with Crippen LogP contribution in [-0.4, -0.2) is 13.7 Å². The molecule has 0 heterocycles. The first kappa shape index (κ1) is 11.5. The molecule has 0 aliphatic heterocycles. The molecule has 3 nitrogen and oxygen atoms in total. The van der Waals surface area contributed by atoms with Crippen molar-refractivity contribution in [3.63, 3.8) is 0 Å². The average Bonchev–Trinajstić information content (AvgIpc) is 2.75. The van der Waals surface area contributed by atoms with Crippen LogP contribution in [0.1, 0.15) is 31.2 Å². The van der Waals surface area contributed by atoms with Crippen molar-refractivity contribution in [3.05, 3.63) is 29.8 Å². The molecule has 4 heteroatoms. The van der Waals surface area contributed by atoms with Crippen LogP contribution in [0.4, 0.5) is 5.69 Å². The highest BCUT2D eigenvalue weighted by Gasteiger charge is 2.28. The van der Waals surface area contributed by atoms with Gasteiger partial charge in [0, 0.05) is 5.69 Å². The van der Waals surface area contributed by atoms with E-state index in [1.54, 1.807) is 12.1 Å². The Bertz CT molecular complexity index is 462. The zero-order chi connectivity index (χ0) is 11.6. The molecular formula is C12H17NO2S. The Morgan fingerprint density at radius 2 is 1.81 bits per heavy atom. The van der Waals surface area contributed by atoms with E-state index in [0.29, 0.717) is 5.69 Å². The summed E-state index contributed by atoms with van der Waals surface area (Å²) in [6.45, 7) is 0. The van der Waals surface area contributed by atoms with Gasteiger partial charge in [-0.2, -0.15) is 0 Å². The molecule has 1 aromatic carbocycles. The fraction of sp³-hybridized carbons (Fsp3) is 0.500. The summed E-state index contributed by atoms with van der Waals surface area (Å²) < 4.78 is 24.2. The van der Waals surface area contributed by atoms with Crippen molar-refractivity contribution in [2.75, 3.05) is 5.73 Å². The molecule has 0 bridgehead atoms. The van der Waals surface area contributed by atoms with E-state index in [1.807, 2.05) is 12.1 Å². The number of anilines is 1.